The van der Waals surface area contributed by atoms with E-state index < -0.39 is 6.09 Å². The molecule has 1 aliphatic heterocycles. The number of rotatable bonds is 7. The summed E-state index contributed by atoms with van der Waals surface area (Å²) in [7, 11) is 1.87. The largest absolute Gasteiger partial charge is 0.490 e. The maximum absolute atomic E-state index is 13.3. The Kier molecular flexibility index (Phi) is 8.71. The molecule has 1 atom stereocenters. The third-order valence-corrected chi connectivity index (χ3v) is 7.86. The van der Waals surface area contributed by atoms with Gasteiger partial charge in [-0.25, -0.2) is 4.79 Å². The van der Waals surface area contributed by atoms with Crippen LogP contribution in [0.3, 0.4) is 0 Å². The summed E-state index contributed by atoms with van der Waals surface area (Å²) in [4.78, 5) is 30.2. The molecule has 3 N–H and O–H groups in total. The van der Waals surface area contributed by atoms with Crippen molar-refractivity contribution in [1.29, 1.82) is 0 Å². The second-order valence-electron chi connectivity index (χ2n) is 10.5. The van der Waals surface area contributed by atoms with Gasteiger partial charge in [-0.15, -0.1) is 0 Å². The molecule has 1 saturated heterocycles. The number of carbonyl (C=O) groups is 2. The zero-order chi connectivity index (χ0) is 26.5. The lowest BCUT2D eigenvalue weighted by Gasteiger charge is -2.38. The quantitative estimate of drug-likeness (QED) is 0.581. The molecule has 2 aliphatic rings. The molecule has 4 rings (SSSR count). The SMILES string of the molecule is Cc1cc(N(C)C(=O)C2CCC(Oc3cccc(CN)c3)CC2)ccc1CN1CCN(C(=O)O)[C@@H](C)C1. The lowest BCUT2D eigenvalue weighted by molar-refractivity contribution is -0.123. The fourth-order valence-electron chi connectivity index (χ4n) is 5.53. The minimum Gasteiger partial charge on any atom is -0.490 e. The molecule has 8 nitrogen and oxygen atoms in total. The van der Waals surface area contributed by atoms with Gasteiger partial charge in [-0.1, -0.05) is 18.2 Å². The summed E-state index contributed by atoms with van der Waals surface area (Å²) in [5, 5.41) is 9.31. The molecular weight excluding hydrogens is 468 g/mol. The van der Waals surface area contributed by atoms with Crippen molar-refractivity contribution >= 4 is 17.7 Å². The number of aryl methyl sites for hydroxylation is 1. The second-order valence-corrected chi connectivity index (χ2v) is 10.5. The molecule has 200 valence electrons. The van der Waals surface area contributed by atoms with E-state index in [1.807, 2.05) is 44.3 Å². The van der Waals surface area contributed by atoms with Crippen molar-refractivity contribution < 1.29 is 19.4 Å². The topological polar surface area (TPSA) is 99.3 Å². The van der Waals surface area contributed by atoms with Gasteiger partial charge in [0.2, 0.25) is 5.91 Å². The predicted molar refractivity (Wildman–Crippen MR) is 145 cm³/mol. The highest BCUT2D eigenvalue weighted by Crippen LogP contribution is 2.31. The Morgan fingerprint density at radius 1 is 1.11 bits per heavy atom. The maximum atomic E-state index is 13.3. The first-order chi connectivity index (χ1) is 17.7. The van der Waals surface area contributed by atoms with Crippen LogP contribution in [0.1, 0.15) is 49.3 Å². The van der Waals surface area contributed by atoms with Crippen LogP contribution in [0.25, 0.3) is 0 Å². The van der Waals surface area contributed by atoms with Gasteiger partial charge in [-0.3, -0.25) is 9.69 Å². The van der Waals surface area contributed by atoms with Crippen LogP contribution in [-0.2, 0) is 17.9 Å². The summed E-state index contributed by atoms with van der Waals surface area (Å²) in [6, 6.07) is 14.1. The highest BCUT2D eigenvalue weighted by atomic mass is 16.5. The van der Waals surface area contributed by atoms with E-state index in [0.29, 0.717) is 13.1 Å². The minimum atomic E-state index is -0.848. The van der Waals surface area contributed by atoms with Crippen LogP contribution in [0.5, 0.6) is 5.75 Å². The fraction of sp³-hybridized carbons (Fsp3) is 0.517. The third-order valence-electron chi connectivity index (χ3n) is 7.86. The predicted octanol–water partition coefficient (Wildman–Crippen LogP) is 4.24. The molecular formula is C29H40N4O4. The number of anilines is 1. The number of ether oxygens (including phenoxy) is 1. The first kappa shape index (κ1) is 26.9. The highest BCUT2D eigenvalue weighted by molar-refractivity contribution is 5.94. The number of nitrogens with zero attached hydrogens (tertiary/aromatic N) is 3. The van der Waals surface area contributed by atoms with E-state index in [1.54, 1.807) is 4.90 Å². The summed E-state index contributed by atoms with van der Waals surface area (Å²) in [6.07, 6.45) is 2.65. The Morgan fingerprint density at radius 3 is 2.51 bits per heavy atom. The van der Waals surface area contributed by atoms with Gasteiger partial charge in [0.1, 0.15) is 5.75 Å². The van der Waals surface area contributed by atoms with Gasteiger partial charge in [0.05, 0.1) is 6.10 Å². The lowest BCUT2D eigenvalue weighted by atomic mass is 9.86. The molecule has 2 fully saturated rings. The lowest BCUT2D eigenvalue weighted by Crippen LogP contribution is -2.53. The zero-order valence-electron chi connectivity index (χ0n) is 22.2. The van der Waals surface area contributed by atoms with Crippen molar-refractivity contribution in [2.75, 3.05) is 31.6 Å². The molecule has 8 heteroatoms. The molecule has 2 amide bonds. The summed E-state index contributed by atoms with van der Waals surface area (Å²) in [5.74, 6) is 1.02. The average molecular weight is 509 g/mol. The Labute approximate surface area is 220 Å². The molecule has 0 radical (unpaired) electrons. The van der Waals surface area contributed by atoms with Crippen molar-refractivity contribution in [2.45, 2.75) is 64.8 Å². The standard InChI is InChI=1S/C29H40N4O4/c1-20-15-25(10-7-24(20)19-32-13-14-33(29(35)36)21(2)18-32)31(3)28(34)23-8-11-26(12-9-23)37-27-6-4-5-22(16-27)17-30/h4-7,10,15-16,21,23,26H,8-9,11-14,17-19,30H2,1-3H3,(H,35,36)/t21-,23?,26?/m0/s1. The Hall–Kier alpha value is -3.10. The zero-order valence-corrected chi connectivity index (χ0v) is 22.2. The van der Waals surface area contributed by atoms with Crippen molar-refractivity contribution in [2.24, 2.45) is 11.7 Å². The van der Waals surface area contributed by atoms with Crippen LogP contribution >= 0.6 is 0 Å². The number of hydrogen-bond acceptors (Lipinski definition) is 5. The van der Waals surface area contributed by atoms with Crippen LogP contribution in [-0.4, -0.2) is 65.7 Å². The number of carboxylic acid groups (broad SMARTS) is 1. The van der Waals surface area contributed by atoms with E-state index in [0.717, 1.165) is 67.9 Å². The van der Waals surface area contributed by atoms with E-state index in [4.69, 9.17) is 10.5 Å². The number of nitrogens with two attached hydrogens (primary N) is 1. The minimum absolute atomic E-state index is 0.00669. The maximum Gasteiger partial charge on any atom is 0.407 e. The number of piperazine rings is 1. The number of amides is 2. The third kappa shape index (κ3) is 6.62. The molecule has 1 saturated carbocycles. The molecule has 1 heterocycles. The van der Waals surface area contributed by atoms with Gasteiger partial charge in [0, 0.05) is 57.4 Å². The van der Waals surface area contributed by atoms with Crippen LogP contribution in [0.2, 0.25) is 0 Å². The van der Waals surface area contributed by atoms with E-state index >= 15 is 0 Å². The second kappa shape index (κ2) is 12.0. The van der Waals surface area contributed by atoms with Gasteiger partial charge in [0.15, 0.2) is 0 Å². The molecule has 0 aromatic heterocycles. The van der Waals surface area contributed by atoms with Crippen LogP contribution in [0, 0.1) is 12.8 Å². The van der Waals surface area contributed by atoms with Crippen molar-refractivity contribution in [3.63, 3.8) is 0 Å². The summed E-state index contributed by atoms with van der Waals surface area (Å²) >= 11 is 0. The van der Waals surface area contributed by atoms with Crippen molar-refractivity contribution in [1.82, 2.24) is 9.80 Å². The first-order valence-electron chi connectivity index (χ1n) is 13.3. The Bertz CT molecular complexity index is 1100. The number of hydrogen-bond donors (Lipinski definition) is 2. The summed E-state index contributed by atoms with van der Waals surface area (Å²) < 4.78 is 6.17. The Morgan fingerprint density at radius 2 is 1.86 bits per heavy atom. The fourth-order valence-corrected chi connectivity index (χ4v) is 5.53. The van der Waals surface area contributed by atoms with E-state index in [9.17, 15) is 14.7 Å². The molecule has 2 aromatic rings. The summed E-state index contributed by atoms with van der Waals surface area (Å²) in [5.41, 5.74) is 10.0. The van der Waals surface area contributed by atoms with E-state index in [2.05, 4.69) is 24.0 Å². The van der Waals surface area contributed by atoms with Crippen LogP contribution in [0.15, 0.2) is 42.5 Å². The van der Waals surface area contributed by atoms with Crippen LogP contribution < -0.4 is 15.4 Å². The van der Waals surface area contributed by atoms with Gasteiger partial charge in [0.25, 0.3) is 0 Å². The molecule has 37 heavy (non-hydrogen) atoms. The Balaban J connectivity index is 1.29. The molecule has 0 bridgehead atoms. The van der Waals surface area contributed by atoms with Gasteiger partial charge < -0.3 is 25.4 Å². The average Bonchev–Trinajstić information content (AvgIpc) is 2.89. The van der Waals surface area contributed by atoms with E-state index in [1.165, 1.54) is 10.5 Å². The number of carbonyl (C=O) groups excluding carboxylic acids is 1. The van der Waals surface area contributed by atoms with Crippen molar-refractivity contribution in [3.8, 4) is 5.75 Å². The smallest absolute Gasteiger partial charge is 0.407 e. The van der Waals surface area contributed by atoms with Gasteiger partial charge in [-0.2, -0.15) is 0 Å². The normalized spacial score (nSPS) is 22.5. The molecule has 1 aliphatic carbocycles. The molecule has 0 unspecified atom stereocenters. The van der Waals surface area contributed by atoms with Gasteiger partial charge >= 0.3 is 6.09 Å². The molecule has 2 aromatic carbocycles. The highest BCUT2D eigenvalue weighted by Gasteiger charge is 2.30. The molecule has 0 spiro atoms. The van der Waals surface area contributed by atoms with E-state index in [-0.39, 0.29) is 24.0 Å². The van der Waals surface area contributed by atoms with Crippen molar-refractivity contribution in [3.05, 3.63) is 59.2 Å². The number of benzene rings is 2. The van der Waals surface area contributed by atoms with Gasteiger partial charge in [-0.05, 0) is 80.5 Å². The first-order valence-corrected chi connectivity index (χ1v) is 13.3. The monoisotopic (exact) mass is 508 g/mol. The summed E-state index contributed by atoms with van der Waals surface area (Å²) in [6.45, 7) is 7.27. The van der Waals surface area contributed by atoms with Crippen LogP contribution in [0.4, 0.5) is 10.5 Å².